The SMILES string of the molecule is CCC(CC(=N)N)NS(=O)(=O)c1c(C)cc(F)cc1C. The third-order valence-corrected chi connectivity index (χ3v) is 4.80. The molecule has 0 saturated heterocycles. The van der Waals surface area contributed by atoms with Gasteiger partial charge in [-0.3, -0.25) is 5.41 Å². The summed E-state index contributed by atoms with van der Waals surface area (Å²) in [5.41, 5.74) is 6.01. The van der Waals surface area contributed by atoms with E-state index in [0.29, 0.717) is 17.5 Å². The lowest BCUT2D eigenvalue weighted by molar-refractivity contribution is 0.543. The Kier molecular flexibility index (Phi) is 5.24. The van der Waals surface area contributed by atoms with E-state index in [1.54, 1.807) is 20.8 Å². The summed E-state index contributed by atoms with van der Waals surface area (Å²) >= 11 is 0. The van der Waals surface area contributed by atoms with Crippen molar-refractivity contribution in [1.29, 1.82) is 5.41 Å². The highest BCUT2D eigenvalue weighted by molar-refractivity contribution is 7.89. The maximum absolute atomic E-state index is 13.2. The number of sulfonamides is 1. The molecule has 112 valence electrons. The van der Waals surface area contributed by atoms with Crippen LogP contribution in [0.2, 0.25) is 0 Å². The second-order valence-corrected chi connectivity index (χ2v) is 6.48. The van der Waals surface area contributed by atoms with E-state index >= 15 is 0 Å². The van der Waals surface area contributed by atoms with Crippen molar-refractivity contribution in [3.05, 3.63) is 29.1 Å². The van der Waals surface area contributed by atoms with E-state index in [9.17, 15) is 12.8 Å². The van der Waals surface area contributed by atoms with Crippen molar-refractivity contribution < 1.29 is 12.8 Å². The van der Waals surface area contributed by atoms with Gasteiger partial charge in [0.15, 0.2) is 0 Å². The van der Waals surface area contributed by atoms with Crippen LogP contribution in [0.4, 0.5) is 4.39 Å². The van der Waals surface area contributed by atoms with Gasteiger partial charge in [0.05, 0.1) is 10.7 Å². The highest BCUT2D eigenvalue weighted by atomic mass is 32.2. The fourth-order valence-corrected chi connectivity index (χ4v) is 3.91. The fourth-order valence-electron chi connectivity index (χ4n) is 2.13. The Morgan fingerprint density at radius 1 is 1.40 bits per heavy atom. The molecular formula is C13H20FN3O2S. The molecule has 0 fully saturated rings. The van der Waals surface area contributed by atoms with Crippen molar-refractivity contribution in [1.82, 2.24) is 4.72 Å². The summed E-state index contributed by atoms with van der Waals surface area (Å²) in [6.07, 6.45) is 0.660. The van der Waals surface area contributed by atoms with Crippen LogP contribution in [0, 0.1) is 25.1 Å². The molecule has 0 aliphatic heterocycles. The highest BCUT2D eigenvalue weighted by Crippen LogP contribution is 2.22. The van der Waals surface area contributed by atoms with Crippen LogP contribution in [0.25, 0.3) is 0 Å². The Hall–Kier alpha value is -1.47. The maximum Gasteiger partial charge on any atom is 0.241 e. The normalized spacial score (nSPS) is 13.2. The summed E-state index contributed by atoms with van der Waals surface area (Å²) in [6.45, 7) is 4.91. The number of benzene rings is 1. The average Bonchev–Trinajstić information content (AvgIpc) is 2.24. The van der Waals surface area contributed by atoms with Crippen molar-refractivity contribution >= 4 is 15.9 Å². The predicted octanol–water partition coefficient (Wildman–Crippen LogP) is 1.83. The van der Waals surface area contributed by atoms with Crippen LogP contribution >= 0.6 is 0 Å². The van der Waals surface area contributed by atoms with Crippen LogP contribution in [0.5, 0.6) is 0 Å². The van der Waals surface area contributed by atoms with Crippen LogP contribution < -0.4 is 10.5 Å². The Bertz CT molecular complexity index is 591. The summed E-state index contributed by atoms with van der Waals surface area (Å²) in [6, 6.07) is 1.93. The summed E-state index contributed by atoms with van der Waals surface area (Å²) in [7, 11) is -3.76. The molecule has 0 heterocycles. The van der Waals surface area contributed by atoms with Gasteiger partial charge in [0.1, 0.15) is 5.82 Å². The van der Waals surface area contributed by atoms with Gasteiger partial charge in [-0.05, 0) is 43.5 Å². The minimum atomic E-state index is -3.76. The number of nitrogens with one attached hydrogen (secondary N) is 2. The molecule has 0 saturated carbocycles. The van der Waals surface area contributed by atoms with E-state index in [4.69, 9.17) is 11.1 Å². The molecular weight excluding hydrogens is 281 g/mol. The summed E-state index contributed by atoms with van der Waals surface area (Å²) in [4.78, 5) is 0.0842. The van der Waals surface area contributed by atoms with Crippen LogP contribution in [-0.4, -0.2) is 20.3 Å². The van der Waals surface area contributed by atoms with E-state index in [1.165, 1.54) is 12.1 Å². The zero-order chi connectivity index (χ0) is 15.5. The first-order chi connectivity index (χ1) is 9.17. The Morgan fingerprint density at radius 3 is 2.30 bits per heavy atom. The number of hydrogen-bond donors (Lipinski definition) is 3. The molecule has 0 aliphatic carbocycles. The minimum absolute atomic E-state index is 0.0768. The topological polar surface area (TPSA) is 96.0 Å². The second kappa shape index (κ2) is 6.32. The Morgan fingerprint density at radius 2 is 1.90 bits per heavy atom. The molecule has 1 aromatic rings. The zero-order valence-corrected chi connectivity index (χ0v) is 12.6. The monoisotopic (exact) mass is 301 g/mol. The lowest BCUT2D eigenvalue weighted by Gasteiger charge is -2.18. The van der Waals surface area contributed by atoms with Gasteiger partial charge in [0, 0.05) is 12.5 Å². The molecule has 0 amide bonds. The minimum Gasteiger partial charge on any atom is -0.388 e. The number of rotatable bonds is 6. The molecule has 1 atom stereocenters. The third kappa shape index (κ3) is 4.01. The van der Waals surface area contributed by atoms with Crippen LogP contribution in [0.3, 0.4) is 0 Å². The molecule has 0 aliphatic rings. The molecule has 1 rings (SSSR count). The maximum atomic E-state index is 13.2. The van der Waals surface area contributed by atoms with Gasteiger partial charge >= 0.3 is 0 Å². The summed E-state index contributed by atoms with van der Waals surface area (Å²) in [5, 5.41) is 7.25. The van der Waals surface area contributed by atoms with Crippen molar-refractivity contribution in [2.75, 3.05) is 0 Å². The van der Waals surface area contributed by atoms with Crippen molar-refractivity contribution in [2.24, 2.45) is 5.73 Å². The second-order valence-electron chi connectivity index (χ2n) is 4.82. The number of aryl methyl sites for hydroxylation is 2. The van der Waals surface area contributed by atoms with Crippen molar-refractivity contribution in [2.45, 2.75) is 44.6 Å². The van der Waals surface area contributed by atoms with Gasteiger partial charge in [-0.25, -0.2) is 17.5 Å². The molecule has 7 heteroatoms. The number of halogens is 1. The predicted molar refractivity (Wildman–Crippen MR) is 76.8 cm³/mol. The van der Waals surface area contributed by atoms with Crippen molar-refractivity contribution in [3.8, 4) is 0 Å². The van der Waals surface area contributed by atoms with E-state index in [0.717, 1.165) is 0 Å². The smallest absolute Gasteiger partial charge is 0.241 e. The molecule has 0 radical (unpaired) electrons. The first-order valence-electron chi connectivity index (χ1n) is 6.29. The summed E-state index contributed by atoms with van der Waals surface area (Å²) in [5.74, 6) is -0.540. The van der Waals surface area contributed by atoms with E-state index < -0.39 is 21.9 Å². The van der Waals surface area contributed by atoms with Gasteiger partial charge in [0.2, 0.25) is 10.0 Å². The van der Waals surface area contributed by atoms with Gasteiger partial charge in [0.25, 0.3) is 0 Å². The van der Waals surface area contributed by atoms with E-state index in [-0.39, 0.29) is 17.2 Å². The lowest BCUT2D eigenvalue weighted by atomic mass is 10.1. The molecule has 0 spiro atoms. The third-order valence-electron chi connectivity index (χ3n) is 2.97. The van der Waals surface area contributed by atoms with Crippen LogP contribution in [-0.2, 0) is 10.0 Å². The zero-order valence-electron chi connectivity index (χ0n) is 11.8. The van der Waals surface area contributed by atoms with Gasteiger partial charge in [-0.15, -0.1) is 0 Å². The number of amidine groups is 1. The Balaban J connectivity index is 3.14. The van der Waals surface area contributed by atoms with Gasteiger partial charge in [-0.2, -0.15) is 0 Å². The molecule has 5 nitrogen and oxygen atoms in total. The van der Waals surface area contributed by atoms with E-state index in [2.05, 4.69) is 4.72 Å². The molecule has 1 unspecified atom stereocenters. The molecule has 0 bridgehead atoms. The molecule has 1 aromatic carbocycles. The van der Waals surface area contributed by atoms with Crippen LogP contribution in [0.1, 0.15) is 30.9 Å². The number of hydrogen-bond acceptors (Lipinski definition) is 3. The first-order valence-corrected chi connectivity index (χ1v) is 7.77. The van der Waals surface area contributed by atoms with Gasteiger partial charge in [-0.1, -0.05) is 6.92 Å². The fraction of sp³-hybridized carbons (Fsp3) is 0.462. The number of nitrogens with two attached hydrogens (primary N) is 1. The quantitative estimate of drug-likeness (QED) is 0.552. The standard InChI is InChI=1S/C13H20FN3O2S/c1-4-11(7-12(15)16)17-20(18,19)13-8(2)5-10(14)6-9(13)3/h5-6,11,17H,4,7H2,1-3H3,(H3,15,16). The summed E-state index contributed by atoms with van der Waals surface area (Å²) < 4.78 is 40.5. The highest BCUT2D eigenvalue weighted by Gasteiger charge is 2.23. The molecule has 4 N–H and O–H groups in total. The van der Waals surface area contributed by atoms with E-state index in [1.807, 2.05) is 0 Å². The average molecular weight is 301 g/mol. The van der Waals surface area contributed by atoms with Crippen molar-refractivity contribution in [3.63, 3.8) is 0 Å². The van der Waals surface area contributed by atoms with Crippen LogP contribution in [0.15, 0.2) is 17.0 Å². The Labute approximate surface area is 118 Å². The largest absolute Gasteiger partial charge is 0.388 e. The van der Waals surface area contributed by atoms with Gasteiger partial charge < -0.3 is 5.73 Å². The molecule has 0 aromatic heterocycles. The molecule has 20 heavy (non-hydrogen) atoms. The first kappa shape index (κ1) is 16.6. The lowest BCUT2D eigenvalue weighted by Crippen LogP contribution is -2.37.